The molecule has 0 aromatic carbocycles. The van der Waals surface area contributed by atoms with Crippen LogP contribution in [0.4, 0.5) is 0 Å². The minimum Gasteiger partial charge on any atom is -0.456 e. The van der Waals surface area contributed by atoms with Gasteiger partial charge in [-0.3, -0.25) is 9.59 Å². The highest BCUT2D eigenvalue weighted by molar-refractivity contribution is 6.39. The molecule has 0 aromatic rings. The maximum atomic E-state index is 14.5. The highest BCUT2D eigenvalue weighted by Crippen LogP contribution is 2.39. The number of hydrogen-bond donors (Lipinski definition) is 3. The molecular weight excluding hydrogens is 773 g/mol. The lowest BCUT2D eigenvalue weighted by atomic mass is 9.81. The molecule has 3 fully saturated rings. The molecule has 14 heteroatoms. The highest BCUT2D eigenvalue weighted by atomic mass is 16.7. The largest absolute Gasteiger partial charge is 0.456 e. The molecule has 1 aliphatic carbocycles. The highest BCUT2D eigenvalue weighted by Gasteiger charge is 2.56. The molecule has 1 saturated carbocycles. The smallest absolute Gasteiger partial charge is 0.329 e. The quantitative estimate of drug-likeness (QED) is 0.0850. The molecule has 2 saturated heterocycles. The average molecular weight is 849 g/mol. The number of hydrogen-bond acceptors (Lipinski definition) is 13. The molecule has 3 N–H and O–H groups in total. The number of oxime groups is 1. The lowest BCUT2D eigenvalue weighted by Gasteiger charge is -2.47. The van der Waals surface area contributed by atoms with E-state index in [0.29, 0.717) is 63.7 Å². The fourth-order valence-electron chi connectivity index (χ4n) is 9.74. The van der Waals surface area contributed by atoms with Crippen LogP contribution in [-0.4, -0.2) is 133 Å². The van der Waals surface area contributed by atoms with E-state index in [-0.39, 0.29) is 49.7 Å². The second kappa shape index (κ2) is 23.1. The Balaban J connectivity index is 1.82. The van der Waals surface area contributed by atoms with Crippen molar-refractivity contribution in [3.63, 3.8) is 0 Å². The summed E-state index contributed by atoms with van der Waals surface area (Å²) in [6, 6.07) is -1.11. The van der Waals surface area contributed by atoms with Crippen LogP contribution in [0.15, 0.2) is 28.5 Å². The number of allylic oxidation sites excluding steroid dienone is 3. The predicted octanol–water partition coefficient (Wildman–Crippen LogP) is 5.69. The van der Waals surface area contributed by atoms with E-state index in [1.807, 2.05) is 26.8 Å². The van der Waals surface area contributed by atoms with Crippen LogP contribution in [0.25, 0.3) is 0 Å². The number of aliphatic hydroxyl groups excluding tert-OH is 2. The van der Waals surface area contributed by atoms with Gasteiger partial charge in [-0.1, -0.05) is 57.5 Å². The van der Waals surface area contributed by atoms with Gasteiger partial charge in [-0.05, 0) is 102 Å². The number of aliphatic hydroxyl groups is 3. The summed E-state index contributed by atoms with van der Waals surface area (Å²) < 4.78 is 30.1. The topological polar surface area (TPSA) is 183 Å². The molecule has 3 heterocycles. The molecule has 4 aliphatic rings. The van der Waals surface area contributed by atoms with Crippen molar-refractivity contribution in [1.82, 2.24) is 4.90 Å². The van der Waals surface area contributed by atoms with Crippen LogP contribution in [0.1, 0.15) is 126 Å². The van der Waals surface area contributed by atoms with Crippen molar-refractivity contribution < 1.29 is 58.2 Å². The number of piperidine rings is 1. The van der Waals surface area contributed by atoms with Gasteiger partial charge in [0, 0.05) is 52.0 Å². The summed E-state index contributed by atoms with van der Waals surface area (Å²) in [5.74, 6) is -6.85. The Hall–Kier alpha value is -2.72. The molecule has 0 spiro atoms. The monoisotopic (exact) mass is 849 g/mol. The number of ketones is 1. The number of nitrogens with zero attached hydrogens (tertiary/aromatic N) is 2. The van der Waals surface area contributed by atoms with Gasteiger partial charge in [0.1, 0.15) is 24.9 Å². The van der Waals surface area contributed by atoms with Crippen LogP contribution in [0.3, 0.4) is 0 Å². The van der Waals surface area contributed by atoms with Crippen molar-refractivity contribution in [2.75, 3.05) is 34.5 Å². The maximum absolute atomic E-state index is 14.5. The normalized spacial score (nSPS) is 39.4. The molecule has 342 valence electrons. The SMILES string of the molecule is CCCON=C1CC(O)C(C)C(C(C)=CC2CCC(O)C(OC)C2)OC(=O)C2CCCCN2C(=O)C(=O)C2(O)OC(C(OC)CC(C)CC(C)=CC1CC)C(OC)CC2C. The van der Waals surface area contributed by atoms with Crippen molar-refractivity contribution in [1.29, 1.82) is 0 Å². The Morgan fingerprint density at radius 3 is 2.27 bits per heavy atom. The van der Waals surface area contributed by atoms with Gasteiger partial charge >= 0.3 is 5.97 Å². The average Bonchev–Trinajstić information content (AvgIpc) is 3.23. The van der Waals surface area contributed by atoms with Gasteiger partial charge in [-0.25, -0.2) is 4.79 Å². The van der Waals surface area contributed by atoms with Crippen LogP contribution in [0.2, 0.25) is 0 Å². The molecule has 14 nitrogen and oxygen atoms in total. The Morgan fingerprint density at radius 1 is 0.933 bits per heavy atom. The standard InChI is InChI=1S/C46H76N2O12/c1-11-19-58-47-34-26-37(50)31(7)41(29(5)23-32-16-17-36(49)38(25-32)55-8)59-45(53)35-15-13-14-18-48(35)44(52)43(51)46(54)30(6)24-40(57-10)42(60-46)39(56-9)22-28(4)20-27(3)21-33(34)12-2/h21,23,28,30-33,35-42,49-50,54H,11-20,22,24-26H2,1-10H3. The predicted molar refractivity (Wildman–Crippen MR) is 227 cm³/mol. The van der Waals surface area contributed by atoms with Crippen LogP contribution in [0, 0.1) is 29.6 Å². The molecule has 2 bridgehead atoms. The third-order valence-electron chi connectivity index (χ3n) is 13.4. The second-order valence-electron chi connectivity index (χ2n) is 18.1. The molecule has 60 heavy (non-hydrogen) atoms. The first-order valence-electron chi connectivity index (χ1n) is 22.5. The molecule has 4 rings (SSSR count). The number of ether oxygens (including phenoxy) is 5. The van der Waals surface area contributed by atoms with Gasteiger partial charge < -0.3 is 48.7 Å². The van der Waals surface area contributed by atoms with Crippen molar-refractivity contribution in [2.45, 2.75) is 180 Å². The number of amides is 1. The number of carbonyl (C=O) groups excluding carboxylic acids is 3. The summed E-state index contributed by atoms with van der Waals surface area (Å²) in [5, 5.41) is 39.3. The van der Waals surface area contributed by atoms with Crippen LogP contribution in [0.5, 0.6) is 0 Å². The summed E-state index contributed by atoms with van der Waals surface area (Å²) in [7, 11) is 4.70. The van der Waals surface area contributed by atoms with Crippen molar-refractivity contribution >= 4 is 23.4 Å². The summed E-state index contributed by atoms with van der Waals surface area (Å²) in [6.07, 6.45) is 5.72. The van der Waals surface area contributed by atoms with Gasteiger partial charge in [-0.2, -0.15) is 0 Å². The maximum Gasteiger partial charge on any atom is 0.329 e. The molecule has 0 radical (unpaired) electrons. The summed E-state index contributed by atoms with van der Waals surface area (Å²) in [4.78, 5) is 50.1. The van der Waals surface area contributed by atoms with E-state index in [2.05, 4.69) is 32.0 Å². The first kappa shape index (κ1) is 49.9. The van der Waals surface area contributed by atoms with Crippen LogP contribution >= 0.6 is 0 Å². The van der Waals surface area contributed by atoms with Gasteiger partial charge in [0.05, 0.1) is 36.2 Å². The Morgan fingerprint density at radius 2 is 1.62 bits per heavy atom. The minimum absolute atomic E-state index is 0.0222. The molecule has 1 amide bonds. The third kappa shape index (κ3) is 12.3. The Labute approximate surface area is 358 Å². The first-order valence-corrected chi connectivity index (χ1v) is 22.5. The zero-order valence-electron chi connectivity index (χ0n) is 38.0. The Kier molecular flexibility index (Phi) is 19.2. The number of rotatable bonds is 9. The van der Waals surface area contributed by atoms with Gasteiger partial charge in [0.2, 0.25) is 5.79 Å². The third-order valence-corrected chi connectivity index (χ3v) is 13.4. The summed E-state index contributed by atoms with van der Waals surface area (Å²) >= 11 is 0. The summed E-state index contributed by atoms with van der Waals surface area (Å²) in [6.45, 7) is 14.1. The van der Waals surface area contributed by atoms with Crippen molar-refractivity contribution in [2.24, 2.45) is 34.7 Å². The van der Waals surface area contributed by atoms with Gasteiger partial charge in [-0.15, -0.1) is 0 Å². The van der Waals surface area contributed by atoms with Gasteiger partial charge in [0.25, 0.3) is 11.7 Å². The van der Waals surface area contributed by atoms with E-state index in [9.17, 15) is 29.7 Å². The van der Waals surface area contributed by atoms with Crippen LogP contribution in [-0.2, 0) is 42.9 Å². The van der Waals surface area contributed by atoms with Crippen molar-refractivity contribution in [3.8, 4) is 0 Å². The van der Waals surface area contributed by atoms with Crippen molar-refractivity contribution in [3.05, 3.63) is 23.3 Å². The lowest BCUT2D eigenvalue weighted by molar-refractivity contribution is -0.302. The number of carbonyl (C=O) groups is 3. The first-order chi connectivity index (χ1) is 28.5. The summed E-state index contributed by atoms with van der Waals surface area (Å²) in [5.41, 5.74) is 2.51. The molecule has 14 unspecified atom stereocenters. The second-order valence-corrected chi connectivity index (χ2v) is 18.1. The Bertz CT molecular complexity index is 1520. The van der Waals surface area contributed by atoms with E-state index in [1.165, 1.54) is 4.90 Å². The zero-order chi connectivity index (χ0) is 44.3. The number of esters is 1. The molecule has 14 atom stereocenters. The number of cyclic esters (lactones) is 1. The van der Waals surface area contributed by atoms with Crippen LogP contribution < -0.4 is 0 Å². The van der Waals surface area contributed by atoms with E-state index in [0.717, 1.165) is 17.6 Å². The van der Waals surface area contributed by atoms with E-state index < -0.39 is 77.9 Å². The zero-order valence-corrected chi connectivity index (χ0v) is 38.0. The van der Waals surface area contributed by atoms with E-state index in [1.54, 1.807) is 28.3 Å². The lowest BCUT2D eigenvalue weighted by Crippen LogP contribution is -2.64. The number of Topliss-reactive ketones (excluding diaryl/α,β-unsaturated/α-hetero) is 1. The minimum atomic E-state index is -2.49. The molecule has 3 aliphatic heterocycles. The van der Waals surface area contributed by atoms with E-state index in [4.69, 9.17) is 28.5 Å². The fourth-order valence-corrected chi connectivity index (χ4v) is 9.74. The molecule has 0 aromatic heterocycles. The number of methoxy groups -OCH3 is 3. The van der Waals surface area contributed by atoms with Gasteiger partial charge in [0.15, 0.2) is 0 Å². The fraction of sp³-hybridized carbons (Fsp3) is 0.826. The number of fused-ring (bicyclic) bond motifs is 3. The molecular formula is C46H76N2O12. The van der Waals surface area contributed by atoms with E-state index >= 15 is 0 Å².